The zero-order chi connectivity index (χ0) is 16.8. The molecule has 1 aliphatic carbocycles. The van der Waals surface area contributed by atoms with Gasteiger partial charge in [0.2, 0.25) is 11.7 Å². The summed E-state index contributed by atoms with van der Waals surface area (Å²) in [6, 6.07) is 3.38. The molecule has 5 nitrogen and oxygen atoms in total. The van der Waals surface area contributed by atoms with Gasteiger partial charge < -0.3 is 9.42 Å². The first-order chi connectivity index (χ1) is 10.7. The molecule has 2 aromatic heterocycles. The zero-order valence-electron chi connectivity index (χ0n) is 12.5. The molecule has 0 aromatic carbocycles. The Bertz CT molecular complexity index is 734. The molecule has 0 saturated heterocycles. The van der Waals surface area contributed by atoms with Crippen molar-refractivity contribution in [1.82, 2.24) is 15.0 Å². The van der Waals surface area contributed by atoms with Gasteiger partial charge in [0.1, 0.15) is 0 Å². The molecule has 0 atom stereocenters. The number of hydrogen-bond donors (Lipinski definition) is 0. The van der Waals surface area contributed by atoms with Gasteiger partial charge in [-0.2, -0.15) is 18.2 Å². The summed E-state index contributed by atoms with van der Waals surface area (Å²) in [5.74, 6) is -1.38. The standard InChI is InChI=1S/C14H14F3N3O2S/c1-13(5-6-13)12(21)20(2)7-8-3-4-9(23-8)10-18-11(22-19-10)14(15,16)17/h3-4H,5-7H2,1-2H3. The third kappa shape index (κ3) is 3.24. The van der Waals surface area contributed by atoms with Gasteiger partial charge in [-0.15, -0.1) is 11.3 Å². The summed E-state index contributed by atoms with van der Waals surface area (Å²) in [6.07, 6.45) is -2.86. The van der Waals surface area contributed by atoms with E-state index in [0.29, 0.717) is 11.4 Å². The fourth-order valence-electron chi connectivity index (χ4n) is 2.19. The number of rotatable bonds is 4. The Morgan fingerprint density at radius 1 is 1.43 bits per heavy atom. The molecule has 23 heavy (non-hydrogen) atoms. The quantitative estimate of drug-likeness (QED) is 0.850. The molecular weight excluding hydrogens is 331 g/mol. The Kier molecular flexibility index (Phi) is 3.70. The highest BCUT2D eigenvalue weighted by atomic mass is 32.1. The smallest absolute Gasteiger partial charge is 0.340 e. The SMILES string of the molecule is CN(Cc1ccc(-c2noc(C(F)(F)F)n2)s1)C(=O)C1(C)CC1. The molecular formula is C14H14F3N3O2S. The Morgan fingerprint density at radius 2 is 2.13 bits per heavy atom. The monoisotopic (exact) mass is 345 g/mol. The van der Waals surface area contributed by atoms with Crippen molar-refractivity contribution >= 4 is 17.2 Å². The van der Waals surface area contributed by atoms with Crippen molar-refractivity contribution in [3.05, 3.63) is 22.9 Å². The van der Waals surface area contributed by atoms with Crippen LogP contribution in [0, 0.1) is 5.41 Å². The van der Waals surface area contributed by atoms with E-state index in [9.17, 15) is 18.0 Å². The summed E-state index contributed by atoms with van der Waals surface area (Å²) in [5.41, 5.74) is -0.246. The van der Waals surface area contributed by atoms with E-state index in [4.69, 9.17) is 0 Å². The fraction of sp³-hybridized carbons (Fsp3) is 0.500. The van der Waals surface area contributed by atoms with Crippen LogP contribution >= 0.6 is 11.3 Å². The van der Waals surface area contributed by atoms with Crippen molar-refractivity contribution in [2.45, 2.75) is 32.5 Å². The zero-order valence-corrected chi connectivity index (χ0v) is 13.3. The molecule has 9 heteroatoms. The number of carbonyl (C=O) groups is 1. The first kappa shape index (κ1) is 16.0. The Morgan fingerprint density at radius 3 is 2.70 bits per heavy atom. The number of thiophene rings is 1. The molecule has 0 unspecified atom stereocenters. The average Bonchev–Trinajstić information content (AvgIpc) is 2.93. The summed E-state index contributed by atoms with van der Waals surface area (Å²) in [7, 11) is 1.72. The van der Waals surface area contributed by atoms with Crippen LogP contribution in [0.3, 0.4) is 0 Å². The maximum atomic E-state index is 12.5. The van der Waals surface area contributed by atoms with E-state index in [1.165, 1.54) is 11.3 Å². The molecule has 124 valence electrons. The van der Waals surface area contributed by atoms with E-state index in [1.54, 1.807) is 24.1 Å². The summed E-state index contributed by atoms with van der Waals surface area (Å²) < 4.78 is 41.6. The van der Waals surface area contributed by atoms with Crippen LogP contribution in [-0.2, 0) is 17.5 Å². The molecule has 1 amide bonds. The van der Waals surface area contributed by atoms with Crippen LogP contribution in [0.2, 0.25) is 0 Å². The molecule has 2 heterocycles. The number of hydrogen-bond acceptors (Lipinski definition) is 5. The van der Waals surface area contributed by atoms with Crippen molar-refractivity contribution in [2.24, 2.45) is 5.41 Å². The molecule has 1 saturated carbocycles. The van der Waals surface area contributed by atoms with Gasteiger partial charge in [0.25, 0.3) is 0 Å². The highest BCUT2D eigenvalue weighted by Gasteiger charge is 2.46. The van der Waals surface area contributed by atoms with Crippen molar-refractivity contribution in [3.63, 3.8) is 0 Å². The second kappa shape index (κ2) is 5.33. The van der Waals surface area contributed by atoms with Gasteiger partial charge >= 0.3 is 12.1 Å². The lowest BCUT2D eigenvalue weighted by atomic mass is 10.1. The summed E-state index contributed by atoms with van der Waals surface area (Å²) >= 11 is 1.24. The van der Waals surface area contributed by atoms with Gasteiger partial charge in [-0.25, -0.2) is 0 Å². The van der Waals surface area contributed by atoms with Crippen LogP contribution in [0.15, 0.2) is 16.7 Å². The number of alkyl halides is 3. The van der Waals surface area contributed by atoms with Crippen LogP contribution in [0.4, 0.5) is 13.2 Å². The highest BCUT2D eigenvalue weighted by molar-refractivity contribution is 7.15. The molecule has 2 aromatic rings. The van der Waals surface area contributed by atoms with Crippen LogP contribution < -0.4 is 0 Å². The minimum absolute atomic E-state index is 0.0892. The largest absolute Gasteiger partial charge is 0.471 e. The third-order valence-corrected chi connectivity index (χ3v) is 4.87. The summed E-state index contributed by atoms with van der Waals surface area (Å²) in [6.45, 7) is 2.34. The number of halogens is 3. The van der Waals surface area contributed by atoms with Crippen LogP contribution in [0.5, 0.6) is 0 Å². The fourth-order valence-corrected chi connectivity index (χ4v) is 3.18. The lowest BCUT2D eigenvalue weighted by molar-refractivity contribution is -0.159. The van der Waals surface area contributed by atoms with E-state index >= 15 is 0 Å². The molecule has 1 aliphatic rings. The van der Waals surface area contributed by atoms with Gasteiger partial charge in [-0.05, 0) is 25.0 Å². The third-order valence-electron chi connectivity index (χ3n) is 3.81. The maximum Gasteiger partial charge on any atom is 0.471 e. The van der Waals surface area contributed by atoms with Gasteiger partial charge in [0.15, 0.2) is 0 Å². The second-order valence-corrected chi connectivity index (χ2v) is 7.08. The van der Waals surface area contributed by atoms with Gasteiger partial charge in [-0.3, -0.25) is 4.79 Å². The first-order valence-electron chi connectivity index (χ1n) is 6.95. The van der Waals surface area contributed by atoms with Gasteiger partial charge in [-0.1, -0.05) is 12.1 Å². The van der Waals surface area contributed by atoms with Crippen LogP contribution in [0.25, 0.3) is 10.7 Å². The number of amides is 1. The molecule has 1 fully saturated rings. The first-order valence-corrected chi connectivity index (χ1v) is 7.76. The van der Waals surface area contributed by atoms with E-state index in [-0.39, 0.29) is 17.1 Å². The normalized spacial score (nSPS) is 16.4. The average molecular weight is 345 g/mol. The van der Waals surface area contributed by atoms with Crippen molar-refractivity contribution in [3.8, 4) is 10.7 Å². The number of carbonyl (C=O) groups excluding carboxylic acids is 1. The molecule has 0 spiro atoms. The Hall–Kier alpha value is -1.90. The molecule has 0 aliphatic heterocycles. The second-order valence-electron chi connectivity index (χ2n) is 5.91. The highest BCUT2D eigenvalue weighted by Crippen LogP contribution is 2.46. The van der Waals surface area contributed by atoms with Gasteiger partial charge in [0, 0.05) is 17.3 Å². The van der Waals surface area contributed by atoms with E-state index < -0.39 is 12.1 Å². The number of nitrogens with zero attached hydrogens (tertiary/aromatic N) is 3. The lowest BCUT2D eigenvalue weighted by Gasteiger charge is -2.20. The Balaban J connectivity index is 1.71. The predicted octanol–water partition coefficient (Wildman–Crippen LogP) is 3.58. The van der Waals surface area contributed by atoms with E-state index in [2.05, 4.69) is 14.7 Å². The van der Waals surface area contributed by atoms with Crippen molar-refractivity contribution in [2.75, 3.05) is 7.05 Å². The van der Waals surface area contributed by atoms with E-state index in [0.717, 1.165) is 17.7 Å². The maximum absolute atomic E-state index is 12.5. The lowest BCUT2D eigenvalue weighted by Crippen LogP contribution is -2.31. The summed E-state index contributed by atoms with van der Waals surface area (Å²) in [4.78, 5) is 18.5. The van der Waals surface area contributed by atoms with Crippen molar-refractivity contribution in [1.29, 1.82) is 0 Å². The van der Waals surface area contributed by atoms with Crippen molar-refractivity contribution < 1.29 is 22.5 Å². The topological polar surface area (TPSA) is 59.2 Å². The van der Waals surface area contributed by atoms with E-state index in [1.807, 2.05) is 6.92 Å². The Labute approximate surface area is 134 Å². The molecule has 0 N–H and O–H groups in total. The van der Waals surface area contributed by atoms with Gasteiger partial charge in [0.05, 0.1) is 11.4 Å². The summed E-state index contributed by atoms with van der Waals surface area (Å²) in [5, 5.41) is 3.35. The minimum atomic E-state index is -4.66. The predicted molar refractivity (Wildman–Crippen MR) is 76.4 cm³/mol. The molecule has 3 rings (SSSR count). The molecule has 0 radical (unpaired) electrons. The van der Waals surface area contributed by atoms with Crippen LogP contribution in [0.1, 0.15) is 30.5 Å². The molecule has 0 bridgehead atoms. The number of aromatic nitrogens is 2. The minimum Gasteiger partial charge on any atom is -0.340 e. The van der Waals surface area contributed by atoms with Crippen LogP contribution in [-0.4, -0.2) is 28.0 Å².